The summed E-state index contributed by atoms with van der Waals surface area (Å²) in [7, 11) is -3.93. The van der Waals surface area contributed by atoms with E-state index in [0.717, 1.165) is 34.7 Å². The highest BCUT2D eigenvalue weighted by Gasteiger charge is 2.53. The summed E-state index contributed by atoms with van der Waals surface area (Å²) in [5.41, 5.74) is -0.0169. The Balaban J connectivity index is 1.17. The Morgan fingerprint density at radius 2 is 1.82 bits per heavy atom. The van der Waals surface area contributed by atoms with Gasteiger partial charge in [0.2, 0.25) is 33.6 Å². The molecule has 4 N–H and O–H groups in total. The van der Waals surface area contributed by atoms with Crippen molar-refractivity contribution in [2.45, 2.75) is 92.9 Å². The summed E-state index contributed by atoms with van der Waals surface area (Å²) < 4.78 is 39.6. The van der Waals surface area contributed by atoms with E-state index in [1.54, 1.807) is 17.5 Å². The van der Waals surface area contributed by atoms with Crippen molar-refractivity contribution in [2.75, 3.05) is 13.1 Å². The van der Waals surface area contributed by atoms with Crippen LogP contribution < -0.4 is 25.4 Å². The van der Waals surface area contributed by atoms with Gasteiger partial charge in [-0.15, -0.1) is 11.3 Å². The molecule has 4 aliphatic rings. The standard InChI is InChI=1S/C39H44N6O9S2/c1-3-33(46)41-21-30(42-38(50)54-26-7-4-5-8-26)36(48)45-22-27(53-35-29-17-25(32-9-6-16-55-32)11-10-24(29)14-15-40-35)18-31(45)34(47)43-39(19-23(2)20-39)37(49)44-56(51,52)28-12-13-28/h3,6,9-11,14-17,26-28,30-31H,1-2,4-5,7-8,12-13,18-22H2,(H,41,46)(H,42,50)(H,43,47)(H,44,49)/t27-,30+,31+/m1/s1. The highest BCUT2D eigenvalue weighted by atomic mass is 32.2. The van der Waals surface area contributed by atoms with Gasteiger partial charge in [0.25, 0.3) is 5.91 Å². The van der Waals surface area contributed by atoms with Gasteiger partial charge in [-0.3, -0.25) is 23.9 Å². The lowest BCUT2D eigenvalue weighted by atomic mass is 9.72. The van der Waals surface area contributed by atoms with Gasteiger partial charge >= 0.3 is 6.09 Å². The van der Waals surface area contributed by atoms with Crippen LogP contribution in [0.4, 0.5) is 4.79 Å². The molecule has 3 heterocycles. The van der Waals surface area contributed by atoms with Crippen LogP contribution in [0.5, 0.6) is 5.88 Å². The number of rotatable bonds is 14. The van der Waals surface area contributed by atoms with Gasteiger partial charge in [0, 0.05) is 42.3 Å². The molecule has 0 radical (unpaired) electrons. The minimum Gasteiger partial charge on any atom is -0.472 e. The molecule has 1 saturated heterocycles. The number of likely N-dealkylation sites (tertiary alicyclic amines) is 1. The molecule has 0 spiro atoms. The second kappa shape index (κ2) is 16.1. The molecule has 1 aliphatic heterocycles. The fourth-order valence-corrected chi connectivity index (χ4v) is 9.59. The molecule has 5 amide bonds. The van der Waals surface area contributed by atoms with E-state index in [1.165, 1.54) is 4.90 Å². The maximum atomic E-state index is 14.5. The molecular formula is C39H44N6O9S2. The molecule has 3 aromatic rings. The predicted octanol–water partition coefficient (Wildman–Crippen LogP) is 3.46. The number of nitrogens with zero attached hydrogens (tertiary/aromatic N) is 2. The quantitative estimate of drug-likeness (QED) is 0.138. The Labute approximate surface area is 328 Å². The number of ether oxygens (including phenoxy) is 2. The van der Waals surface area contributed by atoms with Crippen molar-refractivity contribution in [2.24, 2.45) is 0 Å². The lowest BCUT2D eigenvalue weighted by Crippen LogP contribution is -2.67. The molecule has 3 saturated carbocycles. The molecule has 56 heavy (non-hydrogen) atoms. The van der Waals surface area contributed by atoms with Gasteiger partial charge in [-0.2, -0.15) is 0 Å². The van der Waals surface area contributed by atoms with Crippen LogP contribution in [0.3, 0.4) is 0 Å². The minimum atomic E-state index is -3.93. The average Bonchev–Trinajstić information content (AvgIpc) is 3.48. The summed E-state index contributed by atoms with van der Waals surface area (Å²) >= 11 is 1.59. The average molecular weight is 805 g/mol. The van der Waals surface area contributed by atoms with Crippen LogP contribution in [0.1, 0.15) is 57.8 Å². The molecule has 0 unspecified atom stereocenters. The SMILES string of the molecule is C=CC(=O)NC[C@H](NC(=O)OC1CCCC1)C(=O)N1C[C@H](Oc2nccc3ccc(-c4cccs4)cc23)C[C@H]1C(=O)NC1(C(=O)NS(=O)(=O)C2CC2)CC(=C)C1. The Hall–Kier alpha value is -5.29. The molecule has 7 rings (SSSR count). The van der Waals surface area contributed by atoms with Crippen molar-refractivity contribution in [3.8, 4) is 16.3 Å². The third kappa shape index (κ3) is 8.58. The summed E-state index contributed by atoms with van der Waals surface area (Å²) in [6.45, 7) is 6.87. The molecule has 17 heteroatoms. The van der Waals surface area contributed by atoms with E-state index >= 15 is 0 Å². The molecule has 3 aliphatic carbocycles. The number of pyridine rings is 1. The summed E-state index contributed by atoms with van der Waals surface area (Å²) in [5.74, 6) is -2.64. The number of carbonyl (C=O) groups is 5. The topological polar surface area (TPSA) is 202 Å². The number of alkyl carbamates (subject to hydrolysis) is 1. The first-order chi connectivity index (χ1) is 26.8. The number of benzene rings is 1. The minimum absolute atomic E-state index is 0.00261. The van der Waals surface area contributed by atoms with Gasteiger partial charge in [0.15, 0.2) is 0 Å². The lowest BCUT2D eigenvalue weighted by Gasteiger charge is -2.43. The van der Waals surface area contributed by atoms with E-state index in [9.17, 15) is 32.4 Å². The Morgan fingerprint density at radius 3 is 2.50 bits per heavy atom. The summed E-state index contributed by atoms with van der Waals surface area (Å²) in [6.07, 6.45) is 4.70. The molecule has 3 atom stereocenters. The van der Waals surface area contributed by atoms with Crippen molar-refractivity contribution >= 4 is 61.9 Å². The number of carbonyl (C=O) groups excluding carboxylic acids is 5. The predicted molar refractivity (Wildman–Crippen MR) is 208 cm³/mol. The van der Waals surface area contributed by atoms with Gasteiger partial charge in [0.1, 0.15) is 29.8 Å². The van der Waals surface area contributed by atoms with E-state index in [1.807, 2.05) is 41.8 Å². The highest BCUT2D eigenvalue weighted by Crippen LogP contribution is 2.39. The number of thiophene rings is 1. The number of amides is 5. The van der Waals surface area contributed by atoms with E-state index in [-0.39, 0.29) is 44.3 Å². The van der Waals surface area contributed by atoms with Crippen molar-refractivity contribution in [1.29, 1.82) is 0 Å². The zero-order valence-corrected chi connectivity index (χ0v) is 32.3. The van der Waals surface area contributed by atoms with E-state index in [4.69, 9.17) is 9.47 Å². The van der Waals surface area contributed by atoms with E-state index in [2.05, 4.69) is 38.8 Å². The van der Waals surface area contributed by atoms with E-state index < -0.39 is 68.7 Å². The van der Waals surface area contributed by atoms with Crippen molar-refractivity contribution in [1.82, 2.24) is 30.6 Å². The fraction of sp³-hybridized carbons (Fsp3) is 0.436. The maximum Gasteiger partial charge on any atom is 0.408 e. The van der Waals surface area contributed by atoms with Gasteiger partial charge in [-0.1, -0.05) is 36.9 Å². The summed E-state index contributed by atoms with van der Waals surface area (Å²) in [5, 5.41) is 10.8. The first-order valence-corrected chi connectivity index (χ1v) is 21.1. The summed E-state index contributed by atoms with van der Waals surface area (Å²) in [4.78, 5) is 74.4. The Kier molecular flexibility index (Phi) is 11.2. The molecule has 0 bridgehead atoms. The number of nitrogens with one attached hydrogen (secondary N) is 4. The smallest absolute Gasteiger partial charge is 0.408 e. The Bertz CT molecular complexity index is 2160. The van der Waals surface area contributed by atoms with Crippen molar-refractivity contribution in [3.63, 3.8) is 0 Å². The lowest BCUT2D eigenvalue weighted by molar-refractivity contribution is -0.142. The third-order valence-corrected chi connectivity index (χ3v) is 13.3. The molecule has 1 aromatic carbocycles. The first kappa shape index (κ1) is 39.0. The number of aromatic nitrogens is 1. The van der Waals surface area contributed by atoms with Gasteiger partial charge in [0.05, 0.1) is 11.8 Å². The molecular weight excluding hydrogens is 761 g/mol. The molecule has 2 aromatic heterocycles. The summed E-state index contributed by atoms with van der Waals surface area (Å²) in [6, 6.07) is 9.12. The van der Waals surface area contributed by atoms with Crippen LogP contribution in [0, 0.1) is 0 Å². The molecule has 296 valence electrons. The third-order valence-electron chi connectivity index (χ3n) is 10.6. The molecule has 15 nitrogen and oxygen atoms in total. The van der Waals surface area contributed by atoms with Crippen molar-refractivity contribution < 1.29 is 41.9 Å². The Morgan fingerprint density at radius 1 is 1.05 bits per heavy atom. The number of fused-ring (bicyclic) bond motifs is 1. The van der Waals surface area contributed by atoms with Gasteiger partial charge < -0.3 is 30.3 Å². The fourth-order valence-electron chi connectivity index (χ4n) is 7.49. The normalized spacial score (nSPS) is 21.1. The van der Waals surface area contributed by atoms with Crippen LogP contribution in [-0.4, -0.2) is 96.2 Å². The zero-order chi connectivity index (χ0) is 39.6. The maximum absolute atomic E-state index is 14.5. The van der Waals surface area contributed by atoms with Gasteiger partial charge in [-0.25, -0.2) is 18.2 Å². The zero-order valence-electron chi connectivity index (χ0n) is 30.7. The van der Waals surface area contributed by atoms with E-state index in [0.29, 0.717) is 36.6 Å². The van der Waals surface area contributed by atoms with Gasteiger partial charge in [-0.05, 0) is 79.1 Å². The number of hydrogen-bond donors (Lipinski definition) is 4. The molecule has 4 fully saturated rings. The number of hydrogen-bond acceptors (Lipinski definition) is 11. The second-order valence-corrected chi connectivity index (χ2v) is 17.7. The highest BCUT2D eigenvalue weighted by molar-refractivity contribution is 7.91. The van der Waals surface area contributed by atoms with Crippen LogP contribution in [0.15, 0.2) is 72.8 Å². The second-order valence-electron chi connectivity index (χ2n) is 14.8. The van der Waals surface area contributed by atoms with Crippen molar-refractivity contribution in [3.05, 3.63) is 72.8 Å². The number of sulfonamides is 1. The van der Waals surface area contributed by atoms with Crippen LogP contribution >= 0.6 is 11.3 Å². The van der Waals surface area contributed by atoms with Crippen LogP contribution in [0.25, 0.3) is 21.2 Å². The largest absolute Gasteiger partial charge is 0.472 e. The van der Waals surface area contributed by atoms with Crippen LogP contribution in [-0.2, 0) is 33.9 Å². The van der Waals surface area contributed by atoms with Crippen LogP contribution in [0.2, 0.25) is 0 Å². The monoisotopic (exact) mass is 804 g/mol. The first-order valence-electron chi connectivity index (χ1n) is 18.7.